The van der Waals surface area contributed by atoms with Crippen LogP contribution in [0, 0.1) is 0 Å². The summed E-state index contributed by atoms with van der Waals surface area (Å²) >= 11 is 0. The molecule has 1 aliphatic heterocycles. The van der Waals surface area contributed by atoms with Gasteiger partial charge in [0.2, 0.25) is 0 Å². The molecule has 0 aromatic heterocycles. The molecule has 0 N–H and O–H groups in total. The molecule has 0 aromatic rings. The molecule has 16 heavy (non-hydrogen) atoms. The van der Waals surface area contributed by atoms with Crippen LogP contribution in [0.25, 0.3) is 0 Å². The van der Waals surface area contributed by atoms with E-state index in [1.54, 1.807) is 0 Å². The molecule has 1 heterocycles. The second kappa shape index (κ2) is 5.36. The molecule has 1 saturated heterocycles. The van der Waals surface area contributed by atoms with Gasteiger partial charge in [0.25, 0.3) is 0 Å². The van der Waals surface area contributed by atoms with Crippen LogP contribution < -0.4 is 0 Å². The van der Waals surface area contributed by atoms with Crippen molar-refractivity contribution in [1.29, 1.82) is 0 Å². The van der Waals surface area contributed by atoms with Crippen molar-refractivity contribution in [1.82, 2.24) is 0 Å². The van der Waals surface area contributed by atoms with E-state index in [-0.39, 0.29) is 6.42 Å². The minimum absolute atomic E-state index is 0.107. The first-order valence-electron chi connectivity index (χ1n) is 5.73. The van der Waals surface area contributed by atoms with Gasteiger partial charge in [0.1, 0.15) is 0 Å². The third kappa shape index (κ3) is 3.63. The van der Waals surface area contributed by atoms with Gasteiger partial charge in [-0.15, -0.1) is 12.3 Å². The molecule has 1 rings (SSSR count). The minimum Gasteiger partial charge on any atom is -0.378 e. The van der Waals surface area contributed by atoms with Crippen molar-refractivity contribution in [3.8, 4) is 0 Å². The lowest BCUT2D eigenvalue weighted by Crippen LogP contribution is -2.48. The smallest absolute Gasteiger partial charge is 0.378 e. The van der Waals surface area contributed by atoms with Crippen molar-refractivity contribution in [2.75, 3.05) is 6.61 Å². The van der Waals surface area contributed by atoms with Gasteiger partial charge in [0.15, 0.2) is 0 Å². The molecule has 1 aliphatic rings. The van der Waals surface area contributed by atoms with Crippen molar-refractivity contribution in [2.45, 2.75) is 50.1 Å². The van der Waals surface area contributed by atoms with Gasteiger partial charge in [-0.1, -0.05) is 6.55 Å². The summed E-state index contributed by atoms with van der Waals surface area (Å²) in [6.07, 6.45) is -2.01. The number of hydrogen-bond acceptors (Lipinski definition) is 1. The Balaban J connectivity index is 2.66. The molecule has 1 fully saturated rings. The van der Waals surface area contributed by atoms with Gasteiger partial charge >= 0.3 is 6.18 Å². The van der Waals surface area contributed by atoms with Gasteiger partial charge in [-0.05, 0) is 25.7 Å². The molecule has 5 heteroatoms. The first-order valence-corrected chi connectivity index (χ1v) is 8.13. The Bertz CT molecular complexity index is 234. The van der Waals surface area contributed by atoms with E-state index in [0.717, 1.165) is 19.3 Å². The highest BCUT2D eigenvalue weighted by molar-refractivity contribution is 6.65. The van der Waals surface area contributed by atoms with Crippen molar-refractivity contribution < 1.29 is 17.9 Å². The molecular weight excluding hydrogens is 233 g/mol. The van der Waals surface area contributed by atoms with Gasteiger partial charge in [-0.3, -0.25) is 0 Å². The largest absolute Gasteiger partial charge is 0.389 e. The molecule has 0 aromatic carbocycles. The van der Waals surface area contributed by atoms with Crippen molar-refractivity contribution in [2.24, 2.45) is 0 Å². The van der Waals surface area contributed by atoms with Gasteiger partial charge in [-0.25, -0.2) is 0 Å². The Morgan fingerprint density at radius 2 is 2.12 bits per heavy atom. The van der Waals surface area contributed by atoms with E-state index in [0.29, 0.717) is 6.61 Å². The quantitative estimate of drug-likeness (QED) is 0.697. The summed E-state index contributed by atoms with van der Waals surface area (Å²) in [4.78, 5) is 0. The average molecular weight is 252 g/mol. The second-order valence-electron chi connectivity index (χ2n) is 4.51. The van der Waals surface area contributed by atoms with Crippen LogP contribution >= 0.6 is 0 Å². The Hall–Kier alpha value is -0.293. The van der Waals surface area contributed by atoms with Crippen molar-refractivity contribution >= 4 is 8.80 Å². The normalized spacial score (nSPS) is 28.8. The topological polar surface area (TPSA) is 9.23 Å². The van der Waals surface area contributed by atoms with Crippen LogP contribution in [0.1, 0.15) is 32.1 Å². The van der Waals surface area contributed by atoms with Gasteiger partial charge < -0.3 is 4.74 Å². The molecule has 0 bridgehead atoms. The van der Waals surface area contributed by atoms with Crippen LogP contribution in [0.5, 0.6) is 0 Å². The lowest BCUT2D eigenvalue weighted by Gasteiger charge is -2.41. The number of halogens is 3. The van der Waals surface area contributed by atoms with Crippen molar-refractivity contribution in [3.63, 3.8) is 0 Å². The molecule has 0 spiro atoms. The van der Waals surface area contributed by atoms with Crippen LogP contribution in [0.3, 0.4) is 0 Å². The molecule has 0 amide bonds. The lowest BCUT2D eigenvalue weighted by molar-refractivity contribution is -0.147. The zero-order valence-electron chi connectivity index (χ0n) is 9.65. The summed E-state index contributed by atoms with van der Waals surface area (Å²) in [5.41, 5.74) is 1.84. The maximum absolute atomic E-state index is 12.3. The summed E-state index contributed by atoms with van der Waals surface area (Å²) in [6, 6.07) is 0. The van der Waals surface area contributed by atoms with Crippen LogP contribution in [0.4, 0.5) is 13.2 Å². The first-order chi connectivity index (χ1) is 7.40. The van der Waals surface area contributed by atoms with E-state index < -0.39 is 26.6 Å². The summed E-state index contributed by atoms with van der Waals surface area (Å²) < 4.78 is 42.6. The SMILES string of the molecule is C=C[SiH](C)C1(CCC(F)(F)F)CCCCO1. The zero-order valence-corrected chi connectivity index (χ0v) is 10.8. The lowest BCUT2D eigenvalue weighted by atomic mass is 10.0. The highest BCUT2D eigenvalue weighted by Crippen LogP contribution is 2.36. The molecule has 1 nitrogen and oxygen atoms in total. The molecular formula is C11H19F3OSi. The predicted molar refractivity (Wildman–Crippen MR) is 61.0 cm³/mol. The van der Waals surface area contributed by atoms with E-state index in [1.165, 1.54) is 0 Å². The van der Waals surface area contributed by atoms with Crippen LogP contribution in [0.15, 0.2) is 12.3 Å². The molecule has 0 aliphatic carbocycles. The Morgan fingerprint density at radius 3 is 2.56 bits per heavy atom. The number of alkyl halides is 3. The fourth-order valence-corrected chi connectivity index (χ4v) is 4.30. The molecule has 2 unspecified atom stereocenters. The standard InChI is InChI=1S/C11H19F3OSi/c1-3-16(2)10(6-4-5-9-15-10)7-8-11(12,13)14/h3,16H,1,4-9H2,2H3. The maximum Gasteiger partial charge on any atom is 0.389 e. The van der Waals surface area contributed by atoms with Crippen LogP contribution in [-0.2, 0) is 4.74 Å². The summed E-state index contributed by atoms with van der Waals surface area (Å²) in [7, 11) is -1.45. The Kier molecular flexibility index (Phi) is 4.61. The van der Waals surface area contributed by atoms with E-state index in [4.69, 9.17) is 4.74 Å². The highest BCUT2D eigenvalue weighted by atomic mass is 28.3. The van der Waals surface area contributed by atoms with E-state index in [1.807, 2.05) is 12.2 Å². The van der Waals surface area contributed by atoms with E-state index >= 15 is 0 Å². The minimum atomic E-state index is -4.08. The number of hydrogen-bond donors (Lipinski definition) is 0. The zero-order chi connectivity index (χ0) is 12.2. The first kappa shape index (κ1) is 13.8. The van der Waals surface area contributed by atoms with Gasteiger partial charge in [0.05, 0.1) is 14.0 Å². The Morgan fingerprint density at radius 1 is 1.44 bits per heavy atom. The van der Waals surface area contributed by atoms with Crippen molar-refractivity contribution in [3.05, 3.63) is 12.3 Å². The highest BCUT2D eigenvalue weighted by Gasteiger charge is 2.41. The predicted octanol–water partition coefficient (Wildman–Crippen LogP) is 3.39. The number of rotatable bonds is 4. The van der Waals surface area contributed by atoms with E-state index in [9.17, 15) is 13.2 Å². The third-order valence-corrected chi connectivity index (χ3v) is 6.51. The Labute approximate surface area is 96.3 Å². The summed E-state index contributed by atoms with van der Waals surface area (Å²) in [5.74, 6) is 0. The van der Waals surface area contributed by atoms with Gasteiger partial charge in [-0.2, -0.15) is 13.2 Å². The second-order valence-corrected chi connectivity index (χ2v) is 7.61. The molecule has 0 saturated carbocycles. The maximum atomic E-state index is 12.3. The molecule has 94 valence electrons. The molecule has 2 atom stereocenters. The van der Waals surface area contributed by atoms with Crippen LogP contribution in [0.2, 0.25) is 6.55 Å². The number of ether oxygens (including phenoxy) is 1. The monoisotopic (exact) mass is 252 g/mol. The summed E-state index contributed by atoms with van der Waals surface area (Å²) in [5, 5.41) is -0.504. The fourth-order valence-electron chi connectivity index (χ4n) is 2.23. The van der Waals surface area contributed by atoms with Gasteiger partial charge in [0, 0.05) is 13.0 Å². The van der Waals surface area contributed by atoms with E-state index in [2.05, 4.69) is 6.58 Å². The third-order valence-electron chi connectivity index (χ3n) is 3.40. The average Bonchev–Trinajstić information content (AvgIpc) is 2.25. The fraction of sp³-hybridized carbons (Fsp3) is 0.818. The van der Waals surface area contributed by atoms with Crippen LogP contribution in [-0.4, -0.2) is 26.8 Å². The molecule has 0 radical (unpaired) electrons. The summed E-state index contributed by atoms with van der Waals surface area (Å²) in [6.45, 7) is 6.35.